The maximum absolute atomic E-state index is 2.60. The van der Waals surface area contributed by atoms with Gasteiger partial charge in [-0.1, -0.05) is 161 Å². The molecule has 0 amide bonds. The molecule has 0 bridgehead atoms. The highest BCUT2D eigenvalue weighted by Crippen LogP contribution is 2.58. The van der Waals surface area contributed by atoms with E-state index in [0.717, 1.165) is 0 Å². The fourth-order valence-corrected chi connectivity index (χ4v) is 10.2. The zero-order valence-electron chi connectivity index (χ0n) is 31.1. The predicted molar refractivity (Wildman–Crippen MR) is 228 cm³/mol. The molecular formula is C52H40N2. The number of hydrogen-bond acceptors (Lipinski definition) is 1. The lowest BCUT2D eigenvalue weighted by atomic mass is 9.81. The molecule has 1 aromatic heterocycles. The molecule has 2 aliphatic carbocycles. The molecule has 0 saturated heterocycles. The number of aromatic nitrogens is 1. The van der Waals surface area contributed by atoms with E-state index in [4.69, 9.17) is 0 Å². The molecule has 1 heterocycles. The van der Waals surface area contributed by atoms with Crippen LogP contribution in [0.25, 0.3) is 60.5 Å². The fourth-order valence-electron chi connectivity index (χ4n) is 10.2. The van der Waals surface area contributed by atoms with E-state index in [1.165, 1.54) is 99.8 Å². The summed E-state index contributed by atoms with van der Waals surface area (Å²) in [6.45, 7) is 9.55. The zero-order chi connectivity index (χ0) is 36.3. The van der Waals surface area contributed by atoms with E-state index in [9.17, 15) is 0 Å². The summed E-state index contributed by atoms with van der Waals surface area (Å²) in [6.07, 6.45) is 0. The van der Waals surface area contributed by atoms with Crippen LogP contribution in [-0.2, 0) is 10.8 Å². The second-order valence-corrected chi connectivity index (χ2v) is 16.1. The van der Waals surface area contributed by atoms with Gasteiger partial charge in [-0.25, -0.2) is 0 Å². The van der Waals surface area contributed by atoms with Crippen LogP contribution in [0.3, 0.4) is 0 Å². The molecule has 8 aromatic carbocycles. The molecule has 11 rings (SSSR count). The summed E-state index contributed by atoms with van der Waals surface area (Å²) in [6, 6.07) is 63.2. The first-order valence-electron chi connectivity index (χ1n) is 19.1. The third kappa shape index (κ3) is 4.06. The van der Waals surface area contributed by atoms with Gasteiger partial charge in [0.05, 0.1) is 33.8 Å². The van der Waals surface area contributed by atoms with E-state index in [-0.39, 0.29) is 10.8 Å². The second-order valence-electron chi connectivity index (χ2n) is 16.1. The Morgan fingerprint density at radius 1 is 0.370 bits per heavy atom. The molecule has 0 N–H and O–H groups in total. The first-order chi connectivity index (χ1) is 26.4. The lowest BCUT2D eigenvalue weighted by Crippen LogP contribution is -2.21. The molecule has 0 fully saturated rings. The number of benzene rings is 8. The minimum atomic E-state index is -0.200. The van der Waals surface area contributed by atoms with Crippen LogP contribution >= 0.6 is 0 Å². The molecule has 2 aliphatic rings. The lowest BCUT2D eigenvalue weighted by Gasteiger charge is -2.34. The average Bonchev–Trinajstić information content (AvgIpc) is 3.76. The van der Waals surface area contributed by atoms with Gasteiger partial charge in [0.25, 0.3) is 0 Å². The quantitative estimate of drug-likeness (QED) is 0.178. The Hall–Kier alpha value is -6.38. The smallest absolute Gasteiger partial charge is 0.0543 e. The third-order valence-corrected chi connectivity index (χ3v) is 12.6. The average molecular weight is 693 g/mol. The maximum Gasteiger partial charge on any atom is 0.0543 e. The van der Waals surface area contributed by atoms with Gasteiger partial charge in [0.15, 0.2) is 0 Å². The van der Waals surface area contributed by atoms with Crippen molar-refractivity contribution in [1.82, 2.24) is 4.57 Å². The van der Waals surface area contributed by atoms with E-state index in [0.29, 0.717) is 0 Å². The number of hydrogen-bond donors (Lipinski definition) is 0. The summed E-state index contributed by atoms with van der Waals surface area (Å²) in [5.74, 6) is 0. The minimum Gasteiger partial charge on any atom is -0.309 e. The molecule has 0 aliphatic heterocycles. The molecule has 0 saturated carbocycles. The Labute approximate surface area is 316 Å². The van der Waals surface area contributed by atoms with Gasteiger partial charge in [0, 0.05) is 37.9 Å². The van der Waals surface area contributed by atoms with Crippen LogP contribution in [0.1, 0.15) is 49.9 Å². The van der Waals surface area contributed by atoms with Gasteiger partial charge < -0.3 is 9.47 Å². The Bertz CT molecular complexity index is 2960. The van der Waals surface area contributed by atoms with Gasteiger partial charge in [0.2, 0.25) is 0 Å². The molecule has 0 unspecified atom stereocenters. The van der Waals surface area contributed by atoms with Crippen molar-refractivity contribution in [2.24, 2.45) is 0 Å². The third-order valence-electron chi connectivity index (χ3n) is 12.6. The molecule has 2 heteroatoms. The summed E-state index contributed by atoms with van der Waals surface area (Å²) in [7, 11) is 0. The Balaban J connectivity index is 1.25. The molecule has 9 aromatic rings. The molecule has 0 radical (unpaired) electrons. The van der Waals surface area contributed by atoms with Crippen molar-refractivity contribution < 1.29 is 0 Å². The Kier molecular flexibility index (Phi) is 6.39. The number of nitrogens with zero attached hydrogens (tertiary/aromatic N) is 2. The van der Waals surface area contributed by atoms with Crippen LogP contribution in [0.15, 0.2) is 170 Å². The first-order valence-corrected chi connectivity index (χ1v) is 19.1. The van der Waals surface area contributed by atoms with Crippen molar-refractivity contribution >= 4 is 49.6 Å². The molecule has 2 nitrogen and oxygen atoms in total. The zero-order valence-corrected chi connectivity index (χ0v) is 31.1. The number of fused-ring (bicyclic) bond motifs is 10. The maximum atomic E-state index is 2.60. The highest BCUT2D eigenvalue weighted by molar-refractivity contribution is 6.12. The van der Waals surface area contributed by atoms with Crippen LogP contribution in [0.2, 0.25) is 0 Å². The van der Waals surface area contributed by atoms with Crippen molar-refractivity contribution in [1.29, 1.82) is 0 Å². The summed E-state index contributed by atoms with van der Waals surface area (Å²) in [4.78, 5) is 2.60. The van der Waals surface area contributed by atoms with E-state index in [2.05, 4.69) is 207 Å². The SMILES string of the molecule is CC1(C)c2ccccc2-c2c(N(c3cccc4c3C(C)(C)c3ccccc3-4)c3ccc(-n4c5ccccc5c5ccccc54)c4ccccc34)cccc21. The first kappa shape index (κ1) is 31.2. The van der Waals surface area contributed by atoms with E-state index < -0.39 is 0 Å². The fraction of sp³-hybridized carbons (Fsp3) is 0.115. The van der Waals surface area contributed by atoms with Crippen LogP contribution in [0, 0.1) is 0 Å². The number of para-hydroxylation sites is 2. The Morgan fingerprint density at radius 2 is 0.889 bits per heavy atom. The highest BCUT2D eigenvalue weighted by Gasteiger charge is 2.41. The molecule has 258 valence electrons. The number of anilines is 3. The van der Waals surface area contributed by atoms with Crippen molar-refractivity contribution in [2.75, 3.05) is 4.90 Å². The summed E-state index contributed by atoms with van der Waals surface area (Å²) < 4.78 is 2.46. The van der Waals surface area contributed by atoms with Crippen molar-refractivity contribution in [3.05, 3.63) is 192 Å². The normalized spacial score (nSPS) is 14.6. The highest BCUT2D eigenvalue weighted by atomic mass is 15.2. The van der Waals surface area contributed by atoms with Crippen molar-refractivity contribution in [3.8, 4) is 27.9 Å². The van der Waals surface area contributed by atoms with Crippen LogP contribution in [0.5, 0.6) is 0 Å². The van der Waals surface area contributed by atoms with Gasteiger partial charge in [0.1, 0.15) is 0 Å². The molecule has 0 spiro atoms. The van der Waals surface area contributed by atoms with Crippen LogP contribution in [0.4, 0.5) is 17.1 Å². The van der Waals surface area contributed by atoms with E-state index >= 15 is 0 Å². The summed E-state index contributed by atoms with van der Waals surface area (Å²) in [5.41, 5.74) is 17.7. The number of rotatable bonds is 4. The monoisotopic (exact) mass is 692 g/mol. The standard InChI is InChI=1S/C52H40N2/c1-51(2)41-25-12-8-22-39(41)49-42(51)26-16-29-47(49)54(48-30-15-23-38-33-17-7-11-24-40(33)52(3,4)50(38)48)46-32-31-45(36-18-5-6-19-37(36)46)53-43-27-13-9-20-34(43)35-21-10-14-28-44(35)53/h5-32H,1-4H3. The largest absolute Gasteiger partial charge is 0.309 e. The molecular weight excluding hydrogens is 653 g/mol. The predicted octanol–water partition coefficient (Wildman–Crippen LogP) is 14.0. The van der Waals surface area contributed by atoms with Gasteiger partial charge >= 0.3 is 0 Å². The molecule has 0 atom stereocenters. The van der Waals surface area contributed by atoms with Crippen molar-refractivity contribution in [2.45, 2.75) is 38.5 Å². The Morgan fingerprint density at radius 3 is 1.61 bits per heavy atom. The van der Waals surface area contributed by atoms with E-state index in [1.807, 2.05) is 0 Å². The lowest BCUT2D eigenvalue weighted by molar-refractivity contribution is 0.659. The second kappa shape index (κ2) is 11.1. The summed E-state index contributed by atoms with van der Waals surface area (Å²) >= 11 is 0. The van der Waals surface area contributed by atoms with Gasteiger partial charge in [-0.05, 0) is 75.3 Å². The topological polar surface area (TPSA) is 8.17 Å². The van der Waals surface area contributed by atoms with Crippen molar-refractivity contribution in [3.63, 3.8) is 0 Å². The van der Waals surface area contributed by atoms with Crippen LogP contribution < -0.4 is 4.90 Å². The van der Waals surface area contributed by atoms with Crippen LogP contribution in [-0.4, -0.2) is 4.57 Å². The minimum absolute atomic E-state index is 0.121. The van der Waals surface area contributed by atoms with Gasteiger partial charge in [-0.15, -0.1) is 0 Å². The van der Waals surface area contributed by atoms with Gasteiger partial charge in [-0.3, -0.25) is 0 Å². The molecule has 54 heavy (non-hydrogen) atoms. The van der Waals surface area contributed by atoms with Gasteiger partial charge in [-0.2, -0.15) is 0 Å². The van der Waals surface area contributed by atoms with E-state index in [1.54, 1.807) is 0 Å². The summed E-state index contributed by atoms with van der Waals surface area (Å²) in [5, 5.41) is 4.97.